The van der Waals surface area contributed by atoms with Crippen LogP contribution >= 0.6 is 11.8 Å². The lowest BCUT2D eigenvalue weighted by Crippen LogP contribution is -2.14. The van der Waals surface area contributed by atoms with Gasteiger partial charge in [-0.3, -0.25) is 14.3 Å². The predicted molar refractivity (Wildman–Crippen MR) is 125 cm³/mol. The zero-order valence-corrected chi connectivity index (χ0v) is 18.3. The van der Waals surface area contributed by atoms with E-state index in [0.29, 0.717) is 11.0 Å². The van der Waals surface area contributed by atoms with Crippen molar-refractivity contribution in [3.63, 3.8) is 0 Å². The number of amides is 1. The van der Waals surface area contributed by atoms with Crippen LogP contribution in [0.5, 0.6) is 0 Å². The van der Waals surface area contributed by atoms with Gasteiger partial charge < -0.3 is 5.32 Å². The third-order valence-corrected chi connectivity index (χ3v) is 5.75. The van der Waals surface area contributed by atoms with Crippen molar-refractivity contribution in [3.05, 3.63) is 84.2 Å². The zero-order valence-electron chi connectivity index (χ0n) is 17.4. The molecule has 0 aliphatic rings. The van der Waals surface area contributed by atoms with Crippen molar-refractivity contribution in [1.29, 1.82) is 0 Å². The van der Waals surface area contributed by atoms with E-state index in [4.69, 9.17) is 0 Å². The van der Waals surface area contributed by atoms with Crippen LogP contribution in [0.2, 0.25) is 0 Å². The molecule has 4 rings (SSSR count). The minimum absolute atomic E-state index is 0.0874. The van der Waals surface area contributed by atoms with Crippen LogP contribution in [0.1, 0.15) is 18.1 Å². The molecule has 0 saturated carbocycles. The molecule has 0 atom stereocenters. The second kappa shape index (κ2) is 9.57. The molecule has 0 bridgehead atoms. The molecular weight excluding hydrogens is 406 g/mol. The van der Waals surface area contributed by atoms with Crippen LogP contribution in [0.15, 0.2) is 78.2 Å². The molecule has 0 saturated heterocycles. The second-order valence-corrected chi connectivity index (χ2v) is 8.05. The van der Waals surface area contributed by atoms with Crippen LogP contribution in [-0.4, -0.2) is 31.4 Å². The number of pyridine rings is 1. The van der Waals surface area contributed by atoms with Crippen LogP contribution < -0.4 is 5.32 Å². The predicted octanol–water partition coefficient (Wildman–Crippen LogP) is 4.93. The summed E-state index contributed by atoms with van der Waals surface area (Å²) in [6.07, 6.45) is 4.46. The Hall–Kier alpha value is -3.45. The van der Waals surface area contributed by atoms with Gasteiger partial charge in [-0.1, -0.05) is 48.5 Å². The number of thioether (sulfide) groups is 1. The van der Waals surface area contributed by atoms with Crippen molar-refractivity contribution in [2.24, 2.45) is 0 Å². The minimum Gasteiger partial charge on any atom is -0.325 e. The maximum atomic E-state index is 12.5. The SMILES string of the molecule is CCc1ccc(NC(=O)CSc2nnc(-c3cccnc3)n2-c2ccc(C)cc2)cc1. The van der Waals surface area contributed by atoms with E-state index in [-0.39, 0.29) is 11.7 Å². The maximum Gasteiger partial charge on any atom is 0.234 e. The highest BCUT2D eigenvalue weighted by atomic mass is 32.2. The van der Waals surface area contributed by atoms with Crippen molar-refractivity contribution >= 4 is 23.4 Å². The molecule has 31 heavy (non-hydrogen) atoms. The molecule has 1 N–H and O–H groups in total. The number of nitrogens with zero attached hydrogens (tertiary/aromatic N) is 4. The summed E-state index contributed by atoms with van der Waals surface area (Å²) in [5.74, 6) is 0.831. The van der Waals surface area contributed by atoms with Crippen molar-refractivity contribution in [2.45, 2.75) is 25.4 Å². The molecule has 0 aliphatic carbocycles. The van der Waals surface area contributed by atoms with E-state index in [1.54, 1.807) is 12.4 Å². The van der Waals surface area contributed by atoms with E-state index in [9.17, 15) is 4.79 Å². The van der Waals surface area contributed by atoms with Crippen molar-refractivity contribution in [2.75, 3.05) is 11.1 Å². The Kier molecular flexibility index (Phi) is 6.43. The normalized spacial score (nSPS) is 10.8. The molecule has 0 spiro atoms. The number of hydrogen-bond acceptors (Lipinski definition) is 5. The third kappa shape index (κ3) is 5.00. The summed E-state index contributed by atoms with van der Waals surface area (Å²) in [5, 5.41) is 12.3. The highest BCUT2D eigenvalue weighted by molar-refractivity contribution is 7.99. The van der Waals surface area contributed by atoms with E-state index in [1.165, 1.54) is 22.9 Å². The molecule has 7 heteroatoms. The topological polar surface area (TPSA) is 72.7 Å². The van der Waals surface area contributed by atoms with Gasteiger partial charge in [0.2, 0.25) is 5.91 Å². The van der Waals surface area contributed by atoms with E-state index in [0.717, 1.165) is 23.4 Å². The summed E-state index contributed by atoms with van der Waals surface area (Å²) in [4.78, 5) is 16.7. The van der Waals surface area contributed by atoms with E-state index >= 15 is 0 Å². The fourth-order valence-electron chi connectivity index (χ4n) is 3.12. The largest absolute Gasteiger partial charge is 0.325 e. The number of anilines is 1. The van der Waals surface area contributed by atoms with Gasteiger partial charge in [-0.15, -0.1) is 10.2 Å². The standard InChI is InChI=1S/C24H23N5OS/c1-3-18-8-10-20(11-9-18)26-22(30)16-31-24-28-27-23(19-5-4-14-25-15-19)29(24)21-12-6-17(2)7-13-21/h4-15H,3,16H2,1-2H3,(H,26,30). The molecule has 2 heterocycles. The lowest BCUT2D eigenvalue weighted by Gasteiger charge is -2.11. The Morgan fingerprint density at radius 3 is 2.48 bits per heavy atom. The van der Waals surface area contributed by atoms with Crippen molar-refractivity contribution in [3.8, 4) is 17.1 Å². The lowest BCUT2D eigenvalue weighted by molar-refractivity contribution is -0.113. The van der Waals surface area contributed by atoms with Gasteiger partial charge in [-0.05, 0) is 55.3 Å². The summed E-state index contributed by atoms with van der Waals surface area (Å²) < 4.78 is 1.96. The number of carbonyl (C=O) groups excluding carboxylic acids is 1. The Labute approximate surface area is 185 Å². The van der Waals surface area contributed by atoms with Gasteiger partial charge in [0, 0.05) is 29.3 Å². The maximum absolute atomic E-state index is 12.5. The fraction of sp³-hybridized carbons (Fsp3) is 0.167. The van der Waals surface area contributed by atoms with E-state index in [1.807, 2.05) is 72.2 Å². The van der Waals surface area contributed by atoms with E-state index < -0.39 is 0 Å². The van der Waals surface area contributed by atoms with Gasteiger partial charge in [0.1, 0.15) is 0 Å². The van der Waals surface area contributed by atoms with Crippen LogP contribution in [0.25, 0.3) is 17.1 Å². The Morgan fingerprint density at radius 2 is 1.81 bits per heavy atom. The van der Waals surface area contributed by atoms with Gasteiger partial charge in [0.05, 0.1) is 5.75 Å². The second-order valence-electron chi connectivity index (χ2n) is 7.11. The quantitative estimate of drug-likeness (QED) is 0.422. The smallest absolute Gasteiger partial charge is 0.234 e. The van der Waals surface area contributed by atoms with E-state index in [2.05, 4.69) is 27.4 Å². The number of aryl methyl sites for hydroxylation is 2. The zero-order chi connectivity index (χ0) is 21.6. The average Bonchev–Trinajstić information content (AvgIpc) is 3.23. The molecule has 0 fully saturated rings. The molecule has 1 amide bonds. The molecule has 0 radical (unpaired) electrons. The molecular formula is C24H23N5OS. The number of nitrogens with one attached hydrogen (secondary N) is 1. The minimum atomic E-state index is -0.0874. The highest BCUT2D eigenvalue weighted by Gasteiger charge is 2.17. The number of hydrogen-bond donors (Lipinski definition) is 1. The number of benzene rings is 2. The third-order valence-electron chi connectivity index (χ3n) is 4.82. The number of carbonyl (C=O) groups is 1. The molecule has 2 aromatic heterocycles. The first-order valence-corrected chi connectivity index (χ1v) is 11.1. The van der Waals surface area contributed by atoms with Gasteiger partial charge in [0.15, 0.2) is 11.0 Å². The molecule has 6 nitrogen and oxygen atoms in total. The first kappa shape index (κ1) is 20.8. The monoisotopic (exact) mass is 429 g/mol. The summed E-state index contributed by atoms with van der Waals surface area (Å²) in [6, 6.07) is 19.9. The summed E-state index contributed by atoms with van der Waals surface area (Å²) in [6.45, 7) is 4.15. The van der Waals surface area contributed by atoms with Gasteiger partial charge >= 0.3 is 0 Å². The van der Waals surface area contributed by atoms with Gasteiger partial charge in [0.25, 0.3) is 0 Å². The lowest BCUT2D eigenvalue weighted by atomic mass is 10.1. The summed E-state index contributed by atoms with van der Waals surface area (Å²) in [7, 11) is 0. The number of aromatic nitrogens is 4. The summed E-state index contributed by atoms with van der Waals surface area (Å²) in [5.41, 5.74) is 5.00. The van der Waals surface area contributed by atoms with Crippen molar-refractivity contribution < 1.29 is 4.79 Å². The Bertz CT molecular complexity index is 1160. The Morgan fingerprint density at radius 1 is 1.03 bits per heavy atom. The molecule has 2 aromatic carbocycles. The average molecular weight is 430 g/mol. The highest BCUT2D eigenvalue weighted by Crippen LogP contribution is 2.28. The van der Waals surface area contributed by atoms with Gasteiger partial charge in [-0.25, -0.2) is 0 Å². The van der Waals surface area contributed by atoms with Crippen LogP contribution in [0, 0.1) is 6.92 Å². The van der Waals surface area contributed by atoms with Crippen LogP contribution in [0.4, 0.5) is 5.69 Å². The molecule has 4 aromatic rings. The Balaban J connectivity index is 1.55. The molecule has 0 unspecified atom stereocenters. The van der Waals surface area contributed by atoms with Gasteiger partial charge in [-0.2, -0.15) is 0 Å². The molecule has 156 valence electrons. The fourth-order valence-corrected chi connectivity index (χ4v) is 3.87. The first-order chi connectivity index (χ1) is 15.1. The first-order valence-electron chi connectivity index (χ1n) is 10.1. The van der Waals surface area contributed by atoms with Crippen LogP contribution in [-0.2, 0) is 11.2 Å². The number of rotatable bonds is 7. The van der Waals surface area contributed by atoms with Crippen LogP contribution in [0.3, 0.4) is 0 Å². The summed E-state index contributed by atoms with van der Waals surface area (Å²) >= 11 is 1.35. The van der Waals surface area contributed by atoms with Crippen molar-refractivity contribution in [1.82, 2.24) is 19.7 Å². The molecule has 0 aliphatic heterocycles.